The van der Waals surface area contributed by atoms with Crippen LogP contribution in [0.25, 0.3) is 22.8 Å². The number of hydrogen-bond acceptors (Lipinski definition) is 7. The second kappa shape index (κ2) is 8.93. The Morgan fingerprint density at radius 3 is 2.81 bits per heavy atom. The van der Waals surface area contributed by atoms with Gasteiger partial charge in [-0.1, -0.05) is 23.4 Å². The van der Waals surface area contributed by atoms with Gasteiger partial charge in [0.15, 0.2) is 0 Å². The highest BCUT2D eigenvalue weighted by atomic mass is 16.5. The number of carbonyl (C=O) groups excluding carboxylic acids is 1. The molecule has 1 aliphatic carbocycles. The third-order valence-corrected chi connectivity index (χ3v) is 5.71. The highest BCUT2D eigenvalue weighted by molar-refractivity contribution is 5.81. The maximum atomic E-state index is 11.7. The van der Waals surface area contributed by atoms with Crippen molar-refractivity contribution in [2.75, 3.05) is 0 Å². The number of nitriles is 1. The number of Topliss-reactive ketones (excluding diaryl/α,β-unsaturated/α-hetero) is 1. The first kappa shape index (κ1) is 21.7. The molecule has 7 nitrogen and oxygen atoms in total. The van der Waals surface area contributed by atoms with E-state index in [0.29, 0.717) is 28.6 Å². The van der Waals surface area contributed by atoms with Crippen LogP contribution in [0.4, 0.5) is 0 Å². The molecule has 1 aromatic heterocycles. The van der Waals surface area contributed by atoms with Gasteiger partial charge in [-0.15, -0.1) is 0 Å². The molecule has 1 heterocycles. The van der Waals surface area contributed by atoms with Crippen molar-refractivity contribution in [3.8, 4) is 34.7 Å². The number of carbonyl (C=O) groups is 1. The van der Waals surface area contributed by atoms with Gasteiger partial charge in [-0.3, -0.25) is 4.79 Å². The van der Waals surface area contributed by atoms with Crippen LogP contribution >= 0.6 is 0 Å². The summed E-state index contributed by atoms with van der Waals surface area (Å²) in [6, 6.07) is 13.4. The second-order valence-electron chi connectivity index (χ2n) is 8.38. The molecule has 1 N–H and O–H groups in total. The van der Waals surface area contributed by atoms with Crippen LogP contribution in [0.1, 0.15) is 56.8 Å². The summed E-state index contributed by atoms with van der Waals surface area (Å²) in [5.41, 5.74) is 4.36. The molecule has 0 saturated carbocycles. The first-order valence-electron chi connectivity index (χ1n) is 10.8. The van der Waals surface area contributed by atoms with Gasteiger partial charge < -0.3 is 14.6 Å². The number of nitrogens with zero attached hydrogens (tertiary/aromatic N) is 3. The third kappa shape index (κ3) is 4.27. The monoisotopic (exact) mass is 430 g/mol. The van der Waals surface area contributed by atoms with Gasteiger partial charge in [-0.2, -0.15) is 10.2 Å². The van der Waals surface area contributed by atoms with Crippen LogP contribution in [0.3, 0.4) is 0 Å². The Labute approximate surface area is 187 Å². The summed E-state index contributed by atoms with van der Waals surface area (Å²) in [4.78, 5) is 16.3. The summed E-state index contributed by atoms with van der Waals surface area (Å²) in [5.74, 6) is 1.52. The van der Waals surface area contributed by atoms with Gasteiger partial charge in [-0.05, 0) is 69.9 Å². The molecule has 2 aromatic carbocycles. The summed E-state index contributed by atoms with van der Waals surface area (Å²) in [5, 5.41) is 17.1. The minimum atomic E-state index is -0.191. The quantitative estimate of drug-likeness (QED) is 0.584. The Balaban J connectivity index is 1.62. The Morgan fingerprint density at radius 2 is 2.09 bits per heavy atom. The van der Waals surface area contributed by atoms with Gasteiger partial charge in [0.25, 0.3) is 5.89 Å². The third-order valence-electron chi connectivity index (χ3n) is 5.71. The Kier molecular flexibility index (Phi) is 6.06. The molecule has 3 aromatic rings. The second-order valence-corrected chi connectivity index (χ2v) is 8.38. The van der Waals surface area contributed by atoms with Crippen molar-refractivity contribution in [2.24, 2.45) is 0 Å². The number of ketones is 1. The van der Waals surface area contributed by atoms with Crippen molar-refractivity contribution in [3.63, 3.8) is 0 Å². The van der Waals surface area contributed by atoms with Crippen molar-refractivity contribution in [1.29, 1.82) is 5.26 Å². The molecule has 7 heteroatoms. The predicted molar refractivity (Wildman–Crippen MR) is 120 cm³/mol. The van der Waals surface area contributed by atoms with Crippen LogP contribution in [0.2, 0.25) is 0 Å². The number of ether oxygens (including phenoxy) is 1. The van der Waals surface area contributed by atoms with Crippen molar-refractivity contribution >= 4 is 5.78 Å². The lowest BCUT2D eigenvalue weighted by molar-refractivity contribution is -0.118. The Hall–Kier alpha value is -3.50. The van der Waals surface area contributed by atoms with Gasteiger partial charge in [0.1, 0.15) is 17.6 Å². The fourth-order valence-corrected chi connectivity index (χ4v) is 4.01. The number of hydrogen-bond donors (Lipinski definition) is 1. The molecule has 0 unspecified atom stereocenters. The van der Waals surface area contributed by atoms with Crippen molar-refractivity contribution in [1.82, 2.24) is 15.5 Å². The summed E-state index contributed by atoms with van der Waals surface area (Å²) in [6.07, 6.45) is 1.76. The fourth-order valence-electron chi connectivity index (χ4n) is 4.01. The maximum absolute atomic E-state index is 11.7. The topological polar surface area (TPSA) is 101 Å². The normalized spacial score (nSPS) is 15.9. The molecule has 2 atom stereocenters. The van der Waals surface area contributed by atoms with Crippen LogP contribution in [0.15, 0.2) is 40.9 Å². The van der Waals surface area contributed by atoms with E-state index in [-0.39, 0.29) is 24.0 Å². The molecule has 4 rings (SSSR count). The van der Waals surface area contributed by atoms with E-state index in [1.165, 1.54) is 11.1 Å². The fraction of sp³-hybridized carbons (Fsp3) is 0.360. The van der Waals surface area contributed by atoms with E-state index in [2.05, 4.69) is 27.6 Å². The van der Waals surface area contributed by atoms with Crippen LogP contribution in [0.5, 0.6) is 5.75 Å². The summed E-state index contributed by atoms with van der Waals surface area (Å²) in [6.45, 7) is 7.32. The van der Waals surface area contributed by atoms with E-state index in [1.807, 2.05) is 39.0 Å². The number of benzene rings is 2. The molecule has 32 heavy (non-hydrogen) atoms. The molecule has 0 radical (unpaired) electrons. The minimum Gasteiger partial charge on any atom is -0.490 e. The van der Waals surface area contributed by atoms with Crippen molar-refractivity contribution in [3.05, 3.63) is 53.1 Å². The molecule has 164 valence electrons. The first-order chi connectivity index (χ1) is 15.4. The van der Waals surface area contributed by atoms with Crippen molar-refractivity contribution < 1.29 is 14.1 Å². The van der Waals surface area contributed by atoms with Gasteiger partial charge in [0.2, 0.25) is 5.82 Å². The van der Waals surface area contributed by atoms with E-state index >= 15 is 0 Å². The van der Waals surface area contributed by atoms with Crippen molar-refractivity contribution in [2.45, 2.75) is 58.7 Å². The number of rotatable bonds is 7. The molecule has 0 fully saturated rings. The smallest absolute Gasteiger partial charge is 0.258 e. The lowest BCUT2D eigenvalue weighted by Gasteiger charge is -2.18. The van der Waals surface area contributed by atoms with Crippen LogP contribution in [0, 0.1) is 11.3 Å². The van der Waals surface area contributed by atoms with Gasteiger partial charge in [0, 0.05) is 17.2 Å². The molecule has 0 aliphatic heterocycles. The van der Waals surface area contributed by atoms with Gasteiger partial charge in [0.05, 0.1) is 17.7 Å². The lowest BCUT2D eigenvalue weighted by atomic mass is 10.0. The highest BCUT2D eigenvalue weighted by Gasteiger charge is 2.28. The molecular weight excluding hydrogens is 404 g/mol. The van der Waals surface area contributed by atoms with E-state index in [4.69, 9.17) is 9.26 Å². The maximum Gasteiger partial charge on any atom is 0.258 e. The number of nitrogens with one attached hydrogen (secondary N) is 1. The van der Waals surface area contributed by atoms with Gasteiger partial charge >= 0.3 is 0 Å². The Bertz CT molecular complexity index is 1190. The zero-order valence-electron chi connectivity index (χ0n) is 18.7. The molecule has 0 bridgehead atoms. The average molecular weight is 431 g/mol. The zero-order chi connectivity index (χ0) is 22.8. The standard InChI is InChI=1S/C25H26N4O3/c1-14(2)31-23-11-8-17(12-18(23)13-26)25-28-24(29-32-25)21-7-5-6-20-19(21)9-10-22(20)27-15(3)16(4)30/h5-8,11-12,14-15,22,27H,9-10H2,1-4H3/t15-,22+/m1/s1. The first-order valence-corrected chi connectivity index (χ1v) is 10.8. The summed E-state index contributed by atoms with van der Waals surface area (Å²) < 4.78 is 11.2. The molecule has 0 spiro atoms. The predicted octanol–water partition coefficient (Wildman–Crippen LogP) is 4.62. The van der Waals surface area contributed by atoms with Crippen LogP contribution < -0.4 is 10.1 Å². The SMILES string of the molecule is CC(=O)[C@@H](C)N[C@H]1CCc2c(-c3noc(-c4ccc(OC(C)C)c(C#N)c4)n3)cccc21. The molecular formula is C25H26N4O3. The van der Waals surface area contributed by atoms with E-state index in [9.17, 15) is 10.1 Å². The lowest BCUT2D eigenvalue weighted by Crippen LogP contribution is -2.34. The molecule has 1 aliphatic rings. The highest BCUT2D eigenvalue weighted by Crippen LogP contribution is 2.38. The van der Waals surface area contributed by atoms with Crippen LogP contribution in [-0.2, 0) is 11.2 Å². The molecule has 0 amide bonds. The number of fused-ring (bicyclic) bond motifs is 1. The van der Waals surface area contributed by atoms with Crippen LogP contribution in [-0.4, -0.2) is 28.1 Å². The summed E-state index contributed by atoms with van der Waals surface area (Å²) in [7, 11) is 0. The van der Waals surface area contributed by atoms with E-state index in [0.717, 1.165) is 18.4 Å². The largest absolute Gasteiger partial charge is 0.490 e. The minimum absolute atomic E-state index is 0.0279. The van der Waals surface area contributed by atoms with E-state index < -0.39 is 0 Å². The molecule has 0 saturated heterocycles. The van der Waals surface area contributed by atoms with Gasteiger partial charge in [-0.25, -0.2) is 0 Å². The average Bonchev–Trinajstić information content (AvgIpc) is 3.41. The Morgan fingerprint density at radius 1 is 1.28 bits per heavy atom. The van der Waals surface area contributed by atoms with E-state index in [1.54, 1.807) is 19.1 Å². The zero-order valence-corrected chi connectivity index (χ0v) is 18.7. The number of aromatic nitrogens is 2. The summed E-state index contributed by atoms with van der Waals surface area (Å²) >= 11 is 0.